The third kappa shape index (κ3) is 5.40. The SMILES string of the molecule is CNCCC(Oc1ccc(CN2CCN(C)c3nc(N)ncc3C2=O)c(Cl)c1)c1ccccc1. The molecule has 1 amide bonds. The molecule has 3 aromatic rings. The van der Waals surface area contributed by atoms with Gasteiger partial charge in [-0.3, -0.25) is 4.79 Å². The Labute approximate surface area is 204 Å². The van der Waals surface area contributed by atoms with Crippen LogP contribution < -0.4 is 20.7 Å². The average Bonchev–Trinajstić information content (AvgIpc) is 2.95. The second kappa shape index (κ2) is 10.7. The second-order valence-corrected chi connectivity index (χ2v) is 8.68. The molecule has 0 spiro atoms. The lowest BCUT2D eigenvalue weighted by Gasteiger charge is -2.23. The summed E-state index contributed by atoms with van der Waals surface area (Å²) < 4.78 is 6.30. The van der Waals surface area contributed by atoms with Gasteiger partial charge < -0.3 is 25.6 Å². The van der Waals surface area contributed by atoms with E-state index >= 15 is 0 Å². The fraction of sp³-hybridized carbons (Fsp3) is 0.320. The first kappa shape index (κ1) is 23.8. The topological polar surface area (TPSA) is 96.6 Å². The molecule has 178 valence electrons. The van der Waals surface area contributed by atoms with E-state index in [0.717, 1.165) is 24.1 Å². The number of carbonyl (C=O) groups is 1. The summed E-state index contributed by atoms with van der Waals surface area (Å²) in [6.45, 7) is 2.35. The van der Waals surface area contributed by atoms with Crippen molar-refractivity contribution >= 4 is 29.3 Å². The molecule has 2 aromatic carbocycles. The molecule has 0 radical (unpaired) electrons. The molecule has 1 atom stereocenters. The summed E-state index contributed by atoms with van der Waals surface area (Å²) in [6.07, 6.45) is 2.21. The van der Waals surface area contributed by atoms with Gasteiger partial charge in [0, 0.05) is 44.3 Å². The number of hydrogen-bond donors (Lipinski definition) is 2. The molecule has 34 heavy (non-hydrogen) atoms. The van der Waals surface area contributed by atoms with E-state index in [2.05, 4.69) is 27.4 Å². The number of benzene rings is 2. The number of amides is 1. The van der Waals surface area contributed by atoms with Crippen LogP contribution >= 0.6 is 11.6 Å². The van der Waals surface area contributed by atoms with E-state index in [-0.39, 0.29) is 18.0 Å². The van der Waals surface area contributed by atoms with Gasteiger partial charge in [0.1, 0.15) is 23.2 Å². The fourth-order valence-corrected chi connectivity index (χ4v) is 4.19. The van der Waals surface area contributed by atoms with Crippen molar-refractivity contribution in [2.45, 2.75) is 19.1 Å². The Morgan fingerprint density at radius 1 is 1.21 bits per heavy atom. The number of halogens is 1. The Hall–Kier alpha value is -3.36. The third-order valence-electron chi connectivity index (χ3n) is 5.86. The quantitative estimate of drug-likeness (QED) is 0.509. The van der Waals surface area contributed by atoms with E-state index in [1.807, 2.05) is 55.4 Å². The zero-order chi connectivity index (χ0) is 24.1. The van der Waals surface area contributed by atoms with Gasteiger partial charge in [0.2, 0.25) is 5.95 Å². The molecule has 0 saturated heterocycles. The number of ether oxygens (including phenoxy) is 1. The number of nitrogens with two attached hydrogens (primary N) is 1. The molecule has 1 aromatic heterocycles. The molecule has 0 saturated carbocycles. The highest BCUT2D eigenvalue weighted by Gasteiger charge is 2.27. The smallest absolute Gasteiger partial charge is 0.259 e. The Bertz CT molecular complexity index is 1140. The van der Waals surface area contributed by atoms with E-state index in [0.29, 0.717) is 41.8 Å². The van der Waals surface area contributed by atoms with Crippen molar-refractivity contribution in [3.63, 3.8) is 0 Å². The molecule has 3 N–H and O–H groups in total. The summed E-state index contributed by atoms with van der Waals surface area (Å²) in [6, 6.07) is 15.8. The number of aromatic nitrogens is 2. The van der Waals surface area contributed by atoms with Crippen LogP contribution in [-0.2, 0) is 6.54 Å². The maximum atomic E-state index is 13.2. The number of carbonyl (C=O) groups excluding carboxylic acids is 1. The summed E-state index contributed by atoms with van der Waals surface area (Å²) in [5.74, 6) is 1.24. The first-order chi connectivity index (χ1) is 16.5. The van der Waals surface area contributed by atoms with E-state index < -0.39 is 0 Å². The van der Waals surface area contributed by atoms with Gasteiger partial charge in [-0.25, -0.2) is 4.98 Å². The van der Waals surface area contributed by atoms with Crippen LogP contribution in [0.25, 0.3) is 0 Å². The summed E-state index contributed by atoms with van der Waals surface area (Å²) in [7, 11) is 3.81. The lowest BCUT2D eigenvalue weighted by atomic mass is 10.1. The fourth-order valence-electron chi connectivity index (χ4n) is 3.96. The second-order valence-electron chi connectivity index (χ2n) is 8.28. The van der Waals surface area contributed by atoms with Crippen LogP contribution in [0.15, 0.2) is 54.7 Å². The third-order valence-corrected chi connectivity index (χ3v) is 6.22. The van der Waals surface area contributed by atoms with Gasteiger partial charge in [-0.1, -0.05) is 48.0 Å². The summed E-state index contributed by atoms with van der Waals surface area (Å²) in [5, 5.41) is 3.73. The predicted molar refractivity (Wildman–Crippen MR) is 134 cm³/mol. The number of nitrogens with one attached hydrogen (secondary N) is 1. The summed E-state index contributed by atoms with van der Waals surface area (Å²) in [5.41, 5.74) is 8.11. The average molecular weight is 481 g/mol. The number of likely N-dealkylation sites (N-methyl/N-ethyl adjacent to an activating group) is 1. The van der Waals surface area contributed by atoms with Crippen molar-refractivity contribution in [3.8, 4) is 5.75 Å². The van der Waals surface area contributed by atoms with Crippen LogP contribution in [-0.4, -0.2) is 54.5 Å². The van der Waals surface area contributed by atoms with Crippen molar-refractivity contribution in [1.29, 1.82) is 0 Å². The van der Waals surface area contributed by atoms with Gasteiger partial charge >= 0.3 is 0 Å². The lowest BCUT2D eigenvalue weighted by molar-refractivity contribution is 0.0754. The number of hydrogen-bond acceptors (Lipinski definition) is 7. The standard InChI is InChI=1S/C25H29ClN6O2/c1-28-11-10-22(17-6-4-3-5-7-17)34-19-9-8-18(21(26)14-19)16-32-13-12-31(2)23-20(24(32)33)15-29-25(27)30-23/h3-9,14-15,22,28H,10-13,16H2,1-2H3,(H2,27,29,30). The maximum absolute atomic E-state index is 13.2. The van der Waals surface area contributed by atoms with Gasteiger partial charge in [-0.05, 0) is 36.9 Å². The van der Waals surface area contributed by atoms with E-state index in [4.69, 9.17) is 22.1 Å². The normalized spacial score (nSPS) is 14.5. The number of fused-ring (bicyclic) bond motifs is 1. The largest absolute Gasteiger partial charge is 0.486 e. The van der Waals surface area contributed by atoms with E-state index in [9.17, 15) is 4.79 Å². The Balaban J connectivity index is 1.51. The van der Waals surface area contributed by atoms with Crippen LogP contribution in [0.3, 0.4) is 0 Å². The monoisotopic (exact) mass is 480 g/mol. The van der Waals surface area contributed by atoms with E-state index in [1.165, 1.54) is 6.20 Å². The van der Waals surface area contributed by atoms with Gasteiger partial charge in [0.05, 0.1) is 0 Å². The minimum atomic E-state index is -0.146. The van der Waals surface area contributed by atoms with Crippen LogP contribution in [0.5, 0.6) is 5.75 Å². The van der Waals surface area contributed by atoms with E-state index in [1.54, 1.807) is 4.90 Å². The maximum Gasteiger partial charge on any atom is 0.259 e. The van der Waals surface area contributed by atoms with Crippen molar-refractivity contribution in [2.24, 2.45) is 0 Å². The molecule has 8 nitrogen and oxygen atoms in total. The molecule has 0 aliphatic carbocycles. The van der Waals surface area contributed by atoms with Gasteiger partial charge in [0.25, 0.3) is 5.91 Å². The van der Waals surface area contributed by atoms with Crippen LogP contribution in [0, 0.1) is 0 Å². The van der Waals surface area contributed by atoms with Crippen molar-refractivity contribution in [3.05, 3.63) is 76.4 Å². The molecule has 1 aliphatic rings. The van der Waals surface area contributed by atoms with Crippen LogP contribution in [0.1, 0.15) is 34.0 Å². The Kier molecular flexibility index (Phi) is 7.49. The molecule has 2 heterocycles. The molecule has 0 fully saturated rings. The molecular weight excluding hydrogens is 452 g/mol. The molecule has 9 heteroatoms. The summed E-state index contributed by atoms with van der Waals surface area (Å²) >= 11 is 6.64. The Morgan fingerprint density at radius 3 is 2.74 bits per heavy atom. The lowest BCUT2D eigenvalue weighted by Crippen LogP contribution is -2.33. The number of nitrogen functional groups attached to an aromatic ring is 1. The van der Waals surface area contributed by atoms with Crippen LogP contribution in [0.4, 0.5) is 11.8 Å². The van der Waals surface area contributed by atoms with Gasteiger partial charge in [0.15, 0.2) is 0 Å². The molecule has 0 bridgehead atoms. The highest BCUT2D eigenvalue weighted by atomic mass is 35.5. The zero-order valence-electron chi connectivity index (χ0n) is 19.4. The molecule has 1 unspecified atom stereocenters. The Morgan fingerprint density at radius 2 is 2.00 bits per heavy atom. The molecule has 4 rings (SSSR count). The van der Waals surface area contributed by atoms with Crippen molar-refractivity contribution in [2.75, 3.05) is 44.4 Å². The van der Waals surface area contributed by atoms with Crippen molar-refractivity contribution < 1.29 is 9.53 Å². The van der Waals surface area contributed by atoms with Crippen molar-refractivity contribution in [1.82, 2.24) is 20.2 Å². The first-order valence-corrected chi connectivity index (χ1v) is 11.6. The molecular formula is C25H29ClN6O2. The van der Waals surface area contributed by atoms with Crippen LogP contribution in [0.2, 0.25) is 5.02 Å². The number of rotatable bonds is 8. The van der Waals surface area contributed by atoms with Gasteiger partial charge in [-0.15, -0.1) is 0 Å². The highest BCUT2D eigenvalue weighted by molar-refractivity contribution is 6.31. The zero-order valence-corrected chi connectivity index (χ0v) is 20.1. The molecule has 1 aliphatic heterocycles. The van der Waals surface area contributed by atoms with Gasteiger partial charge in [-0.2, -0.15) is 4.98 Å². The number of nitrogens with zero attached hydrogens (tertiary/aromatic N) is 4. The minimum absolute atomic E-state index is 0.0952. The predicted octanol–water partition coefficient (Wildman–Crippen LogP) is 3.53. The first-order valence-electron chi connectivity index (χ1n) is 11.2. The summed E-state index contributed by atoms with van der Waals surface area (Å²) in [4.78, 5) is 25.1. The number of anilines is 2. The highest BCUT2D eigenvalue weighted by Crippen LogP contribution is 2.30. The minimum Gasteiger partial charge on any atom is -0.486 e.